The molecular weight excluding hydrogens is 239 g/mol. The third-order valence-electron chi connectivity index (χ3n) is 2.89. The molecule has 0 spiro atoms. The number of halogens is 1. The van der Waals surface area contributed by atoms with Crippen molar-refractivity contribution in [3.05, 3.63) is 29.6 Å². The molecule has 0 atom stereocenters. The van der Waals surface area contributed by atoms with Gasteiger partial charge in [-0.1, -0.05) is 12.2 Å². The molecule has 0 bridgehead atoms. The van der Waals surface area contributed by atoms with Gasteiger partial charge in [0.2, 0.25) is 0 Å². The average molecular weight is 256 g/mol. The van der Waals surface area contributed by atoms with Gasteiger partial charge in [-0.3, -0.25) is 0 Å². The molecule has 3 nitrogen and oxygen atoms in total. The normalized spacial score (nSPS) is 11.4. The number of rotatable bonds is 4. The van der Waals surface area contributed by atoms with Crippen LogP contribution in [0.25, 0.3) is 0 Å². The van der Waals surface area contributed by atoms with Crippen LogP contribution in [0.2, 0.25) is 0 Å². The van der Waals surface area contributed by atoms with E-state index < -0.39 is 11.4 Å². The lowest BCUT2D eigenvalue weighted by molar-refractivity contribution is 0.215. The van der Waals surface area contributed by atoms with Gasteiger partial charge in [-0.05, 0) is 32.0 Å². The van der Waals surface area contributed by atoms with E-state index >= 15 is 0 Å². The molecule has 0 aliphatic rings. The Labute approximate surface area is 106 Å². The summed E-state index contributed by atoms with van der Waals surface area (Å²) < 4.78 is 13.9. The van der Waals surface area contributed by atoms with Crippen LogP contribution < -0.4 is 10.6 Å². The van der Waals surface area contributed by atoms with Crippen LogP contribution in [-0.4, -0.2) is 29.3 Å². The molecule has 0 aliphatic carbocycles. The lowest BCUT2D eigenvalue weighted by Gasteiger charge is -2.36. The molecule has 94 valence electrons. The second kappa shape index (κ2) is 4.98. The zero-order valence-corrected chi connectivity index (χ0v) is 11.0. The van der Waals surface area contributed by atoms with Crippen molar-refractivity contribution in [2.24, 2.45) is 5.73 Å². The fourth-order valence-electron chi connectivity index (χ4n) is 1.36. The Morgan fingerprint density at radius 1 is 1.53 bits per heavy atom. The van der Waals surface area contributed by atoms with Crippen LogP contribution in [-0.2, 0) is 0 Å². The summed E-state index contributed by atoms with van der Waals surface area (Å²) in [7, 11) is 1.73. The molecule has 17 heavy (non-hydrogen) atoms. The standard InChI is InChI=1S/C12H17FN2OS/c1-12(2,7-16)15(3)10-5-4-8(11(14)17)6-9(10)13/h4-6,16H,7H2,1-3H3,(H2,14,17). The molecule has 1 aromatic carbocycles. The lowest BCUT2D eigenvalue weighted by atomic mass is 10.0. The fourth-order valence-corrected chi connectivity index (χ4v) is 1.49. The van der Waals surface area contributed by atoms with Crippen LogP contribution in [0.5, 0.6) is 0 Å². The maximum absolute atomic E-state index is 13.9. The highest BCUT2D eigenvalue weighted by Gasteiger charge is 2.24. The predicted molar refractivity (Wildman–Crippen MR) is 71.9 cm³/mol. The molecule has 0 aromatic heterocycles. The van der Waals surface area contributed by atoms with Gasteiger partial charge in [0.15, 0.2) is 0 Å². The molecule has 5 heteroatoms. The minimum atomic E-state index is -0.536. The quantitative estimate of drug-likeness (QED) is 0.805. The Hall–Kier alpha value is -1.20. The van der Waals surface area contributed by atoms with E-state index in [1.54, 1.807) is 24.1 Å². The van der Waals surface area contributed by atoms with Crippen molar-refractivity contribution >= 4 is 22.9 Å². The van der Waals surface area contributed by atoms with E-state index in [4.69, 9.17) is 18.0 Å². The van der Waals surface area contributed by atoms with E-state index in [1.165, 1.54) is 6.07 Å². The first-order chi connectivity index (χ1) is 7.79. The summed E-state index contributed by atoms with van der Waals surface area (Å²) in [6.07, 6.45) is 0. The first kappa shape index (κ1) is 13.9. The summed E-state index contributed by atoms with van der Waals surface area (Å²) in [6, 6.07) is 4.59. The summed E-state index contributed by atoms with van der Waals surface area (Å²) in [5.74, 6) is -0.403. The Bertz CT molecular complexity index is 435. The molecule has 0 saturated carbocycles. The molecule has 3 N–H and O–H groups in total. The predicted octanol–water partition coefficient (Wildman–Crippen LogP) is 1.67. The highest BCUT2D eigenvalue weighted by molar-refractivity contribution is 7.80. The number of hydrogen-bond donors (Lipinski definition) is 2. The van der Waals surface area contributed by atoms with Crippen molar-refractivity contribution in [2.75, 3.05) is 18.6 Å². The number of nitrogens with zero attached hydrogens (tertiary/aromatic N) is 1. The molecule has 0 unspecified atom stereocenters. The molecule has 0 saturated heterocycles. The van der Waals surface area contributed by atoms with Crippen molar-refractivity contribution in [2.45, 2.75) is 19.4 Å². The SMILES string of the molecule is CN(c1ccc(C(N)=S)cc1F)C(C)(C)CO. The van der Waals surface area contributed by atoms with Crippen LogP contribution in [0.1, 0.15) is 19.4 Å². The van der Waals surface area contributed by atoms with Crippen molar-refractivity contribution < 1.29 is 9.50 Å². The minimum absolute atomic E-state index is 0.0695. The van der Waals surface area contributed by atoms with E-state index in [1.807, 2.05) is 13.8 Å². The Morgan fingerprint density at radius 2 is 2.12 bits per heavy atom. The van der Waals surface area contributed by atoms with Crippen LogP contribution in [0.3, 0.4) is 0 Å². The maximum Gasteiger partial charge on any atom is 0.147 e. The highest BCUT2D eigenvalue weighted by atomic mass is 32.1. The molecule has 0 heterocycles. The third-order valence-corrected chi connectivity index (χ3v) is 3.12. The van der Waals surface area contributed by atoms with E-state index in [2.05, 4.69) is 0 Å². The number of benzene rings is 1. The zero-order chi connectivity index (χ0) is 13.2. The van der Waals surface area contributed by atoms with Crippen LogP contribution in [0.4, 0.5) is 10.1 Å². The highest BCUT2D eigenvalue weighted by Crippen LogP contribution is 2.25. The molecule has 1 aromatic rings. The van der Waals surface area contributed by atoms with Gasteiger partial charge in [0.1, 0.15) is 10.8 Å². The van der Waals surface area contributed by atoms with Gasteiger partial charge >= 0.3 is 0 Å². The van der Waals surface area contributed by atoms with Crippen molar-refractivity contribution in [3.8, 4) is 0 Å². The van der Waals surface area contributed by atoms with Gasteiger partial charge in [-0.25, -0.2) is 4.39 Å². The topological polar surface area (TPSA) is 49.5 Å². The number of aliphatic hydroxyl groups is 1. The molecular formula is C12H17FN2OS. The van der Waals surface area contributed by atoms with E-state index in [-0.39, 0.29) is 11.6 Å². The van der Waals surface area contributed by atoms with Gasteiger partial charge in [0, 0.05) is 12.6 Å². The second-order valence-electron chi connectivity index (χ2n) is 4.56. The first-order valence-corrected chi connectivity index (χ1v) is 5.64. The molecule has 1 rings (SSSR count). The maximum atomic E-state index is 13.9. The Kier molecular flexibility index (Phi) is 4.06. The van der Waals surface area contributed by atoms with E-state index in [0.717, 1.165) is 0 Å². The van der Waals surface area contributed by atoms with Crippen molar-refractivity contribution in [1.29, 1.82) is 0 Å². The van der Waals surface area contributed by atoms with Gasteiger partial charge in [-0.15, -0.1) is 0 Å². The number of likely N-dealkylation sites (N-methyl/N-ethyl adjacent to an activating group) is 1. The number of anilines is 1. The molecule has 0 radical (unpaired) electrons. The summed E-state index contributed by atoms with van der Waals surface area (Å²) in [5, 5.41) is 9.25. The minimum Gasteiger partial charge on any atom is -0.394 e. The zero-order valence-electron chi connectivity index (χ0n) is 10.2. The van der Waals surface area contributed by atoms with Gasteiger partial charge in [0.05, 0.1) is 17.8 Å². The van der Waals surface area contributed by atoms with Gasteiger partial charge in [-0.2, -0.15) is 0 Å². The number of aliphatic hydroxyl groups excluding tert-OH is 1. The summed E-state index contributed by atoms with van der Waals surface area (Å²) >= 11 is 4.78. The Balaban J connectivity index is 3.12. The second-order valence-corrected chi connectivity index (χ2v) is 5.00. The van der Waals surface area contributed by atoms with Gasteiger partial charge in [0.25, 0.3) is 0 Å². The summed E-state index contributed by atoms with van der Waals surface area (Å²) in [4.78, 5) is 1.85. The molecule has 0 aliphatic heterocycles. The van der Waals surface area contributed by atoms with Gasteiger partial charge < -0.3 is 15.7 Å². The third kappa shape index (κ3) is 2.92. The largest absolute Gasteiger partial charge is 0.394 e. The lowest BCUT2D eigenvalue weighted by Crippen LogP contribution is -2.44. The van der Waals surface area contributed by atoms with Crippen molar-refractivity contribution in [1.82, 2.24) is 0 Å². The van der Waals surface area contributed by atoms with Crippen molar-refractivity contribution in [3.63, 3.8) is 0 Å². The number of thiocarbonyl (C=S) groups is 1. The first-order valence-electron chi connectivity index (χ1n) is 5.23. The number of nitrogens with two attached hydrogens (primary N) is 1. The summed E-state index contributed by atoms with van der Waals surface area (Å²) in [5.41, 5.74) is 5.80. The van der Waals surface area contributed by atoms with Crippen LogP contribution >= 0.6 is 12.2 Å². The Morgan fingerprint density at radius 3 is 2.53 bits per heavy atom. The van der Waals surface area contributed by atoms with Crippen LogP contribution in [0, 0.1) is 5.82 Å². The average Bonchev–Trinajstić information content (AvgIpc) is 2.27. The van der Waals surface area contributed by atoms with Crippen LogP contribution in [0.15, 0.2) is 18.2 Å². The monoisotopic (exact) mass is 256 g/mol. The van der Waals surface area contributed by atoms with E-state index in [0.29, 0.717) is 11.3 Å². The van der Waals surface area contributed by atoms with E-state index in [9.17, 15) is 9.50 Å². The number of hydrogen-bond acceptors (Lipinski definition) is 3. The molecule has 0 fully saturated rings. The fraction of sp³-hybridized carbons (Fsp3) is 0.417. The smallest absolute Gasteiger partial charge is 0.147 e. The molecule has 0 amide bonds. The summed E-state index contributed by atoms with van der Waals surface area (Å²) in [6.45, 7) is 3.59.